The van der Waals surface area contributed by atoms with Gasteiger partial charge in [0, 0.05) is 10.2 Å². The van der Waals surface area contributed by atoms with Crippen molar-refractivity contribution in [3.8, 4) is 5.75 Å². The van der Waals surface area contributed by atoms with Crippen molar-refractivity contribution in [1.29, 1.82) is 0 Å². The first-order valence-corrected chi connectivity index (χ1v) is 7.28. The lowest BCUT2D eigenvalue weighted by Crippen LogP contribution is -2.14. The Morgan fingerprint density at radius 1 is 1.19 bits per heavy atom. The lowest BCUT2D eigenvalue weighted by Gasteiger charge is -2.10. The third-order valence-corrected chi connectivity index (χ3v) is 3.42. The van der Waals surface area contributed by atoms with E-state index in [2.05, 4.69) is 15.9 Å². The summed E-state index contributed by atoms with van der Waals surface area (Å²) in [5, 5.41) is 0. The fourth-order valence-corrected chi connectivity index (χ4v) is 2.28. The van der Waals surface area contributed by atoms with E-state index in [4.69, 9.17) is 15.2 Å². The van der Waals surface area contributed by atoms with Crippen LogP contribution in [0.15, 0.2) is 46.9 Å². The fourth-order valence-electron chi connectivity index (χ4n) is 1.80. The molecule has 21 heavy (non-hydrogen) atoms. The zero-order chi connectivity index (χ0) is 15.2. The minimum Gasteiger partial charge on any atom is -0.490 e. The Bertz CT molecular complexity index is 629. The number of carbonyl (C=O) groups excluding carboxylic acids is 1. The lowest BCUT2D eigenvalue weighted by atomic mass is 10.1. The third kappa shape index (κ3) is 4.23. The molecule has 0 fully saturated rings. The van der Waals surface area contributed by atoms with Crippen LogP contribution in [0.4, 0.5) is 5.69 Å². The van der Waals surface area contributed by atoms with Crippen LogP contribution in [0.25, 0.3) is 0 Å². The molecule has 0 heterocycles. The molecule has 4 nitrogen and oxygen atoms in total. The predicted octanol–water partition coefficient (Wildman–Crippen LogP) is 3.58. The molecule has 0 aliphatic rings. The highest BCUT2D eigenvalue weighted by Gasteiger charge is 2.13. The zero-order valence-corrected chi connectivity index (χ0v) is 13.2. The Morgan fingerprint density at radius 3 is 2.62 bits per heavy atom. The van der Waals surface area contributed by atoms with Crippen LogP contribution in [-0.2, 0) is 4.74 Å². The molecule has 5 heteroatoms. The molecule has 2 rings (SSSR count). The summed E-state index contributed by atoms with van der Waals surface area (Å²) in [7, 11) is 0. The van der Waals surface area contributed by atoms with Crippen molar-refractivity contribution in [3.05, 3.63) is 58.1 Å². The minimum absolute atomic E-state index is 0.180. The molecule has 110 valence electrons. The Hall–Kier alpha value is -2.01. The van der Waals surface area contributed by atoms with Gasteiger partial charge in [0.25, 0.3) is 0 Å². The van der Waals surface area contributed by atoms with Crippen LogP contribution in [0.2, 0.25) is 0 Å². The Balaban J connectivity index is 1.88. The van der Waals surface area contributed by atoms with Crippen LogP contribution < -0.4 is 10.5 Å². The van der Waals surface area contributed by atoms with Crippen LogP contribution in [0.5, 0.6) is 5.75 Å². The SMILES string of the molecule is Cc1c(N)cc(Br)cc1C(=O)OCCOc1ccccc1. The summed E-state index contributed by atoms with van der Waals surface area (Å²) >= 11 is 3.32. The molecule has 2 aromatic carbocycles. The second kappa shape index (κ2) is 7.13. The normalized spacial score (nSPS) is 10.2. The van der Waals surface area contributed by atoms with Gasteiger partial charge in [-0.2, -0.15) is 0 Å². The summed E-state index contributed by atoms with van der Waals surface area (Å²) in [5.74, 6) is 0.341. The van der Waals surface area contributed by atoms with E-state index < -0.39 is 5.97 Å². The van der Waals surface area contributed by atoms with Crippen molar-refractivity contribution in [2.24, 2.45) is 0 Å². The number of halogens is 1. The molecule has 0 aliphatic heterocycles. The fraction of sp³-hybridized carbons (Fsp3) is 0.188. The maximum atomic E-state index is 12.0. The van der Waals surface area contributed by atoms with Gasteiger partial charge in [-0.05, 0) is 36.8 Å². The number of anilines is 1. The van der Waals surface area contributed by atoms with Gasteiger partial charge < -0.3 is 15.2 Å². The third-order valence-electron chi connectivity index (χ3n) is 2.96. The molecule has 0 radical (unpaired) electrons. The molecule has 0 atom stereocenters. The number of carbonyl (C=O) groups is 1. The lowest BCUT2D eigenvalue weighted by molar-refractivity contribution is 0.0449. The molecule has 0 unspecified atom stereocenters. The Morgan fingerprint density at radius 2 is 1.90 bits per heavy atom. The molecule has 0 aromatic heterocycles. The summed E-state index contributed by atoms with van der Waals surface area (Å²) in [6.45, 7) is 2.27. The molecule has 2 aromatic rings. The molecule has 2 N–H and O–H groups in total. The number of hydrogen-bond donors (Lipinski definition) is 1. The van der Waals surface area contributed by atoms with Gasteiger partial charge in [0.15, 0.2) is 0 Å². The number of ether oxygens (including phenoxy) is 2. The van der Waals surface area contributed by atoms with Gasteiger partial charge >= 0.3 is 5.97 Å². The standard InChI is InChI=1S/C16H16BrNO3/c1-11-14(9-12(17)10-15(11)18)16(19)21-8-7-20-13-5-3-2-4-6-13/h2-6,9-10H,7-8,18H2,1H3. The van der Waals surface area contributed by atoms with Crippen molar-refractivity contribution < 1.29 is 14.3 Å². The number of para-hydroxylation sites is 1. The van der Waals surface area contributed by atoms with E-state index in [-0.39, 0.29) is 6.61 Å². The first-order chi connectivity index (χ1) is 10.1. The van der Waals surface area contributed by atoms with E-state index in [1.54, 1.807) is 19.1 Å². The quantitative estimate of drug-likeness (QED) is 0.509. The highest BCUT2D eigenvalue weighted by Crippen LogP contribution is 2.23. The number of nitrogen functional groups attached to an aromatic ring is 1. The molecule has 0 amide bonds. The second-order valence-electron chi connectivity index (χ2n) is 4.47. The van der Waals surface area contributed by atoms with E-state index >= 15 is 0 Å². The molecule has 0 bridgehead atoms. The minimum atomic E-state index is -0.405. The summed E-state index contributed by atoms with van der Waals surface area (Å²) in [6, 6.07) is 12.8. The van der Waals surface area contributed by atoms with Crippen LogP contribution in [0.3, 0.4) is 0 Å². The first kappa shape index (κ1) is 15.4. The van der Waals surface area contributed by atoms with Crippen LogP contribution in [0.1, 0.15) is 15.9 Å². The Labute approximate surface area is 132 Å². The largest absolute Gasteiger partial charge is 0.490 e. The van der Waals surface area contributed by atoms with Crippen molar-refractivity contribution in [1.82, 2.24) is 0 Å². The molecule has 0 spiro atoms. The predicted molar refractivity (Wildman–Crippen MR) is 85.5 cm³/mol. The van der Waals surface area contributed by atoms with E-state index in [9.17, 15) is 4.79 Å². The summed E-state index contributed by atoms with van der Waals surface area (Å²) in [6.07, 6.45) is 0. The van der Waals surface area contributed by atoms with Crippen LogP contribution in [0, 0.1) is 6.92 Å². The van der Waals surface area contributed by atoms with Crippen molar-refractivity contribution in [2.75, 3.05) is 18.9 Å². The van der Waals surface area contributed by atoms with Gasteiger partial charge in [-0.1, -0.05) is 34.1 Å². The number of rotatable bonds is 5. The maximum Gasteiger partial charge on any atom is 0.338 e. The monoisotopic (exact) mass is 349 g/mol. The summed E-state index contributed by atoms with van der Waals surface area (Å²) < 4.78 is 11.4. The Kier molecular flexibility index (Phi) is 5.22. The second-order valence-corrected chi connectivity index (χ2v) is 5.38. The number of hydrogen-bond acceptors (Lipinski definition) is 4. The van der Waals surface area contributed by atoms with E-state index in [1.807, 2.05) is 30.3 Å². The highest BCUT2D eigenvalue weighted by atomic mass is 79.9. The van der Waals surface area contributed by atoms with Gasteiger partial charge in [0.05, 0.1) is 5.56 Å². The highest BCUT2D eigenvalue weighted by molar-refractivity contribution is 9.10. The topological polar surface area (TPSA) is 61.6 Å². The van der Waals surface area contributed by atoms with Crippen molar-refractivity contribution in [3.63, 3.8) is 0 Å². The van der Waals surface area contributed by atoms with Crippen molar-refractivity contribution >= 4 is 27.6 Å². The van der Waals surface area contributed by atoms with Crippen molar-refractivity contribution in [2.45, 2.75) is 6.92 Å². The van der Waals surface area contributed by atoms with Crippen LogP contribution in [-0.4, -0.2) is 19.2 Å². The molecule has 0 saturated carbocycles. The smallest absolute Gasteiger partial charge is 0.338 e. The summed E-state index contributed by atoms with van der Waals surface area (Å²) in [5.41, 5.74) is 7.56. The zero-order valence-electron chi connectivity index (χ0n) is 11.6. The van der Waals surface area contributed by atoms with E-state index in [0.29, 0.717) is 23.4 Å². The summed E-state index contributed by atoms with van der Waals surface area (Å²) in [4.78, 5) is 12.0. The molecular formula is C16H16BrNO3. The molecular weight excluding hydrogens is 334 g/mol. The molecule has 0 saturated heterocycles. The molecule has 0 aliphatic carbocycles. The first-order valence-electron chi connectivity index (χ1n) is 6.48. The number of benzene rings is 2. The number of esters is 1. The van der Waals surface area contributed by atoms with Gasteiger partial charge in [0.2, 0.25) is 0 Å². The van der Waals surface area contributed by atoms with Gasteiger partial charge in [-0.25, -0.2) is 4.79 Å². The maximum absolute atomic E-state index is 12.0. The van der Waals surface area contributed by atoms with Gasteiger partial charge in [-0.15, -0.1) is 0 Å². The average Bonchev–Trinajstić information content (AvgIpc) is 2.48. The van der Waals surface area contributed by atoms with Gasteiger partial charge in [-0.3, -0.25) is 0 Å². The average molecular weight is 350 g/mol. The number of nitrogens with two attached hydrogens (primary N) is 1. The van der Waals surface area contributed by atoms with E-state index in [0.717, 1.165) is 10.2 Å². The van der Waals surface area contributed by atoms with Crippen LogP contribution >= 0.6 is 15.9 Å². The van der Waals surface area contributed by atoms with Gasteiger partial charge in [0.1, 0.15) is 19.0 Å². The van der Waals surface area contributed by atoms with E-state index in [1.165, 1.54) is 0 Å².